The van der Waals surface area contributed by atoms with E-state index in [4.69, 9.17) is 14.6 Å². The maximum Gasteiger partial charge on any atom is 0.331 e. The van der Waals surface area contributed by atoms with Crippen molar-refractivity contribution in [1.82, 2.24) is 0 Å². The van der Waals surface area contributed by atoms with E-state index in [9.17, 15) is 19.8 Å². The van der Waals surface area contributed by atoms with E-state index < -0.39 is 43.5 Å². The van der Waals surface area contributed by atoms with Gasteiger partial charge in [0.15, 0.2) is 11.7 Å². The van der Waals surface area contributed by atoms with E-state index >= 15 is 0 Å². The van der Waals surface area contributed by atoms with Crippen LogP contribution in [-0.4, -0.2) is 58.8 Å². The van der Waals surface area contributed by atoms with Crippen LogP contribution >= 0.6 is 0 Å². The second kappa shape index (κ2) is 7.59. The fraction of sp³-hybridized carbons (Fsp3) is 0.455. The van der Waals surface area contributed by atoms with E-state index in [-0.39, 0.29) is 0 Å². The fourth-order valence-corrected chi connectivity index (χ4v) is 1.13. The van der Waals surface area contributed by atoms with Crippen molar-refractivity contribution in [2.75, 3.05) is 19.8 Å². The van der Waals surface area contributed by atoms with Crippen molar-refractivity contribution in [3.8, 4) is 0 Å². The summed E-state index contributed by atoms with van der Waals surface area (Å²) in [6.45, 7) is 3.85. The monoisotopic (exact) mass is 260 g/mol. The molecule has 3 N–H and O–H groups in total. The SMILES string of the molecule is C=CC(=O)OC(CO)C(CO)(CO)OC(=O)C=C. The second-order valence-electron chi connectivity index (χ2n) is 3.32. The molecule has 0 rings (SSSR count). The van der Waals surface area contributed by atoms with Crippen LogP contribution in [0, 0.1) is 0 Å². The van der Waals surface area contributed by atoms with Crippen LogP contribution in [0.3, 0.4) is 0 Å². The number of hydrogen-bond donors (Lipinski definition) is 3. The van der Waals surface area contributed by atoms with Crippen molar-refractivity contribution < 1.29 is 34.4 Å². The summed E-state index contributed by atoms with van der Waals surface area (Å²) in [5.41, 5.74) is -1.95. The lowest BCUT2D eigenvalue weighted by atomic mass is 9.98. The highest BCUT2D eigenvalue weighted by Crippen LogP contribution is 2.19. The van der Waals surface area contributed by atoms with Gasteiger partial charge in [-0.2, -0.15) is 0 Å². The number of carbonyl (C=O) groups is 2. The molecule has 0 heterocycles. The Hall–Kier alpha value is -1.70. The largest absolute Gasteiger partial charge is 0.452 e. The predicted molar refractivity (Wildman–Crippen MR) is 60.4 cm³/mol. The zero-order valence-corrected chi connectivity index (χ0v) is 9.74. The van der Waals surface area contributed by atoms with Crippen molar-refractivity contribution >= 4 is 11.9 Å². The first-order chi connectivity index (χ1) is 8.49. The summed E-state index contributed by atoms with van der Waals surface area (Å²) in [4.78, 5) is 22.2. The Bertz CT molecular complexity index is 319. The lowest BCUT2D eigenvalue weighted by Gasteiger charge is -2.34. The number of hydrogen-bond acceptors (Lipinski definition) is 7. The van der Waals surface area contributed by atoms with Crippen LogP contribution in [0.5, 0.6) is 0 Å². The molecule has 7 heteroatoms. The molecule has 0 bridgehead atoms. The average Bonchev–Trinajstić information content (AvgIpc) is 2.41. The number of ether oxygens (including phenoxy) is 2. The van der Waals surface area contributed by atoms with Gasteiger partial charge in [0, 0.05) is 12.2 Å². The van der Waals surface area contributed by atoms with Gasteiger partial charge in [0.2, 0.25) is 0 Å². The maximum atomic E-state index is 11.1. The maximum absolute atomic E-state index is 11.1. The molecule has 0 saturated carbocycles. The Morgan fingerprint density at radius 2 is 1.61 bits per heavy atom. The summed E-state index contributed by atoms with van der Waals surface area (Å²) >= 11 is 0. The van der Waals surface area contributed by atoms with Crippen molar-refractivity contribution in [1.29, 1.82) is 0 Å². The van der Waals surface area contributed by atoms with Gasteiger partial charge in [-0.15, -0.1) is 0 Å². The number of carbonyl (C=O) groups excluding carboxylic acids is 2. The first-order valence-corrected chi connectivity index (χ1v) is 5.00. The van der Waals surface area contributed by atoms with Crippen LogP contribution in [0.25, 0.3) is 0 Å². The topological polar surface area (TPSA) is 113 Å². The molecule has 0 fully saturated rings. The third kappa shape index (κ3) is 3.95. The third-order valence-electron chi connectivity index (χ3n) is 2.18. The number of aliphatic hydroxyl groups is 3. The molecule has 0 radical (unpaired) electrons. The molecular formula is C11H16O7. The minimum atomic E-state index is -1.95. The van der Waals surface area contributed by atoms with Gasteiger partial charge in [0.1, 0.15) is 0 Å². The Kier molecular flexibility index (Phi) is 6.88. The lowest BCUT2D eigenvalue weighted by Crippen LogP contribution is -2.55. The summed E-state index contributed by atoms with van der Waals surface area (Å²) in [6.07, 6.45) is 0.211. The molecular weight excluding hydrogens is 244 g/mol. The van der Waals surface area contributed by atoms with E-state index in [2.05, 4.69) is 13.2 Å². The highest BCUT2D eigenvalue weighted by atomic mass is 16.6. The minimum absolute atomic E-state index is 0.759. The van der Waals surface area contributed by atoms with Gasteiger partial charge in [-0.25, -0.2) is 9.59 Å². The van der Waals surface area contributed by atoms with Gasteiger partial charge >= 0.3 is 11.9 Å². The third-order valence-corrected chi connectivity index (χ3v) is 2.18. The van der Waals surface area contributed by atoms with E-state index in [1.807, 2.05) is 0 Å². The first kappa shape index (κ1) is 16.3. The Balaban J connectivity index is 5.11. The normalized spacial score (nSPS) is 12.4. The van der Waals surface area contributed by atoms with Crippen LogP contribution in [-0.2, 0) is 19.1 Å². The Morgan fingerprint density at radius 1 is 1.11 bits per heavy atom. The smallest absolute Gasteiger partial charge is 0.331 e. The predicted octanol–water partition coefficient (Wildman–Crippen LogP) is -1.47. The summed E-state index contributed by atoms with van der Waals surface area (Å²) in [5, 5.41) is 27.5. The molecule has 0 saturated heterocycles. The molecule has 0 spiro atoms. The van der Waals surface area contributed by atoms with E-state index in [1.54, 1.807) is 0 Å². The molecule has 0 aliphatic carbocycles. The highest BCUT2D eigenvalue weighted by molar-refractivity contribution is 5.82. The van der Waals surface area contributed by atoms with Gasteiger partial charge in [0.05, 0.1) is 19.8 Å². The molecule has 1 unspecified atom stereocenters. The summed E-state index contributed by atoms with van der Waals surface area (Å²) in [7, 11) is 0. The Morgan fingerprint density at radius 3 is 1.94 bits per heavy atom. The van der Waals surface area contributed by atoms with Gasteiger partial charge < -0.3 is 24.8 Å². The van der Waals surface area contributed by atoms with E-state index in [1.165, 1.54) is 0 Å². The number of esters is 2. The van der Waals surface area contributed by atoms with Gasteiger partial charge in [-0.3, -0.25) is 0 Å². The standard InChI is InChI=1S/C11H16O7/c1-3-9(15)17-8(5-12)11(6-13,7-14)18-10(16)4-2/h3-4,8,12-14H,1-2,5-7H2. The van der Waals surface area contributed by atoms with Crippen molar-refractivity contribution in [3.05, 3.63) is 25.3 Å². The number of rotatable bonds is 8. The van der Waals surface area contributed by atoms with Gasteiger partial charge in [-0.1, -0.05) is 13.2 Å². The number of aliphatic hydroxyl groups excluding tert-OH is 3. The van der Waals surface area contributed by atoms with Crippen LogP contribution in [0.2, 0.25) is 0 Å². The molecule has 0 aromatic rings. The minimum Gasteiger partial charge on any atom is -0.452 e. The molecule has 0 aliphatic heterocycles. The quantitative estimate of drug-likeness (QED) is 0.360. The summed E-state index contributed by atoms with van der Waals surface area (Å²) < 4.78 is 9.46. The van der Waals surface area contributed by atoms with Gasteiger partial charge in [-0.05, 0) is 0 Å². The Labute approximate surface area is 104 Å². The van der Waals surface area contributed by atoms with Crippen LogP contribution < -0.4 is 0 Å². The second-order valence-corrected chi connectivity index (χ2v) is 3.32. The van der Waals surface area contributed by atoms with Crippen LogP contribution in [0.15, 0.2) is 25.3 Å². The lowest BCUT2D eigenvalue weighted by molar-refractivity contribution is -0.200. The molecule has 0 aliphatic rings. The molecule has 0 aromatic carbocycles. The van der Waals surface area contributed by atoms with Crippen molar-refractivity contribution in [2.24, 2.45) is 0 Å². The zero-order chi connectivity index (χ0) is 14.2. The zero-order valence-electron chi connectivity index (χ0n) is 9.74. The molecule has 1 atom stereocenters. The highest BCUT2D eigenvalue weighted by Gasteiger charge is 2.44. The fourth-order valence-electron chi connectivity index (χ4n) is 1.13. The van der Waals surface area contributed by atoms with Crippen molar-refractivity contribution in [2.45, 2.75) is 11.7 Å². The van der Waals surface area contributed by atoms with Crippen LogP contribution in [0.1, 0.15) is 0 Å². The molecule has 7 nitrogen and oxygen atoms in total. The summed E-state index contributed by atoms with van der Waals surface area (Å²) in [6, 6.07) is 0. The van der Waals surface area contributed by atoms with E-state index in [0.717, 1.165) is 12.2 Å². The van der Waals surface area contributed by atoms with Crippen LogP contribution in [0.4, 0.5) is 0 Å². The molecule has 102 valence electrons. The molecule has 18 heavy (non-hydrogen) atoms. The summed E-state index contributed by atoms with van der Waals surface area (Å²) in [5.74, 6) is -1.83. The average molecular weight is 260 g/mol. The van der Waals surface area contributed by atoms with E-state index in [0.29, 0.717) is 0 Å². The molecule has 0 aromatic heterocycles. The van der Waals surface area contributed by atoms with Gasteiger partial charge in [0.25, 0.3) is 0 Å². The molecule has 0 amide bonds. The van der Waals surface area contributed by atoms with Crippen molar-refractivity contribution in [3.63, 3.8) is 0 Å². The first-order valence-electron chi connectivity index (χ1n) is 5.00.